The van der Waals surface area contributed by atoms with E-state index in [0.717, 1.165) is 0 Å². The van der Waals surface area contributed by atoms with E-state index in [-0.39, 0.29) is 0 Å². The lowest BCUT2D eigenvalue weighted by atomic mass is 10.0. The van der Waals surface area contributed by atoms with E-state index in [0.29, 0.717) is 34.4 Å². The van der Waals surface area contributed by atoms with Crippen LogP contribution in [0.15, 0.2) is 12.1 Å². The molecule has 0 aromatic heterocycles. The second kappa shape index (κ2) is 6.26. The van der Waals surface area contributed by atoms with Crippen molar-refractivity contribution in [3.05, 3.63) is 28.8 Å². The molecule has 0 N–H and O–H groups in total. The normalized spacial score (nSPS) is 9.53. The summed E-state index contributed by atoms with van der Waals surface area (Å²) in [6.07, 6.45) is 0. The summed E-state index contributed by atoms with van der Waals surface area (Å²) in [7, 11) is 1.46. The fourth-order valence-corrected chi connectivity index (χ4v) is 1.88. The molecule has 1 rings (SSSR count). The first-order valence-corrected chi connectivity index (χ1v) is 6.14. The van der Waals surface area contributed by atoms with Crippen LogP contribution in [-0.4, -0.2) is 19.7 Å². The quantitative estimate of drug-likeness (QED) is 0.633. The fraction of sp³-hybridized carbons (Fsp3) is 0.333. The van der Waals surface area contributed by atoms with Crippen molar-refractivity contribution in [2.75, 3.05) is 13.7 Å². The summed E-state index contributed by atoms with van der Waals surface area (Å²) in [6.45, 7) is 2.03. The van der Waals surface area contributed by atoms with Gasteiger partial charge in [-0.2, -0.15) is 5.26 Å². The zero-order chi connectivity index (χ0) is 12.8. The summed E-state index contributed by atoms with van der Waals surface area (Å²) in [5.41, 5.74) is 1.49. The first-order chi connectivity index (χ1) is 8.17. The Labute approximate surface area is 108 Å². The number of rotatable bonds is 4. The van der Waals surface area contributed by atoms with Crippen molar-refractivity contribution in [3.63, 3.8) is 0 Å². The number of carbonyl (C=O) groups is 1. The Morgan fingerprint density at radius 3 is 2.71 bits per heavy atom. The highest BCUT2D eigenvalue weighted by atomic mass is 79.9. The smallest absolute Gasteiger partial charge is 0.342 e. The van der Waals surface area contributed by atoms with Gasteiger partial charge in [0.25, 0.3) is 0 Å². The Morgan fingerprint density at radius 2 is 2.24 bits per heavy atom. The largest absolute Gasteiger partial charge is 0.496 e. The molecule has 1 aromatic carbocycles. The molecule has 17 heavy (non-hydrogen) atoms. The highest BCUT2D eigenvalue weighted by Crippen LogP contribution is 2.27. The first kappa shape index (κ1) is 13.5. The van der Waals surface area contributed by atoms with E-state index in [2.05, 4.69) is 15.9 Å². The topological polar surface area (TPSA) is 59.3 Å². The van der Waals surface area contributed by atoms with Crippen molar-refractivity contribution in [1.29, 1.82) is 5.26 Å². The number of hydrogen-bond donors (Lipinski definition) is 0. The molecule has 0 fully saturated rings. The summed E-state index contributed by atoms with van der Waals surface area (Å²) in [6, 6.07) is 5.19. The van der Waals surface area contributed by atoms with Gasteiger partial charge < -0.3 is 9.47 Å². The monoisotopic (exact) mass is 297 g/mol. The van der Waals surface area contributed by atoms with Crippen LogP contribution < -0.4 is 4.74 Å². The molecule has 0 aliphatic rings. The van der Waals surface area contributed by atoms with Crippen molar-refractivity contribution < 1.29 is 14.3 Å². The van der Waals surface area contributed by atoms with Crippen molar-refractivity contribution in [1.82, 2.24) is 0 Å². The molecule has 0 atom stereocenters. The minimum Gasteiger partial charge on any atom is -0.496 e. The van der Waals surface area contributed by atoms with Crippen LogP contribution in [0.1, 0.15) is 28.4 Å². The Bertz CT molecular complexity index is 440. The van der Waals surface area contributed by atoms with Gasteiger partial charge in [0.1, 0.15) is 11.3 Å². The Balaban J connectivity index is 3.35. The van der Waals surface area contributed by atoms with E-state index in [1.165, 1.54) is 13.2 Å². The third-order valence-electron chi connectivity index (χ3n) is 2.16. The Hall–Kier alpha value is -1.54. The number of carbonyl (C=O) groups excluding carboxylic acids is 1. The lowest BCUT2D eigenvalue weighted by Crippen LogP contribution is -2.10. The number of nitrogens with zero attached hydrogens (tertiary/aromatic N) is 1. The summed E-state index contributed by atoms with van der Waals surface area (Å²) in [5.74, 6) is -0.0831. The van der Waals surface area contributed by atoms with Gasteiger partial charge in [-0.15, -0.1) is 0 Å². The van der Waals surface area contributed by atoms with E-state index in [1.54, 1.807) is 13.0 Å². The summed E-state index contributed by atoms with van der Waals surface area (Å²) < 4.78 is 10.1. The molecule has 0 aliphatic heterocycles. The second-order valence-corrected chi connectivity index (χ2v) is 3.74. The van der Waals surface area contributed by atoms with Crippen LogP contribution in [0.25, 0.3) is 0 Å². The number of hydrogen-bond acceptors (Lipinski definition) is 4. The molecule has 0 radical (unpaired) electrons. The van der Waals surface area contributed by atoms with E-state index in [1.807, 2.05) is 6.07 Å². The van der Waals surface area contributed by atoms with E-state index in [4.69, 9.17) is 14.7 Å². The van der Waals surface area contributed by atoms with Crippen molar-refractivity contribution in [2.24, 2.45) is 0 Å². The molecule has 1 aromatic rings. The standard InChI is InChI=1S/C12H12BrNO3/c1-3-17-12(15)11-9(6-13)4-8(7-14)5-10(11)16-2/h4-5H,3,6H2,1-2H3. The number of nitriles is 1. The Kier molecular flexibility index (Phi) is 4.98. The van der Waals surface area contributed by atoms with Crippen LogP contribution in [-0.2, 0) is 10.1 Å². The van der Waals surface area contributed by atoms with E-state index in [9.17, 15) is 4.79 Å². The molecule has 0 heterocycles. The maximum Gasteiger partial charge on any atom is 0.342 e. The molecule has 0 saturated carbocycles. The third kappa shape index (κ3) is 2.98. The average molecular weight is 298 g/mol. The van der Waals surface area contributed by atoms with Gasteiger partial charge in [-0.05, 0) is 24.6 Å². The Morgan fingerprint density at radius 1 is 1.53 bits per heavy atom. The van der Waals surface area contributed by atoms with Gasteiger partial charge in [-0.1, -0.05) is 15.9 Å². The molecule has 4 nitrogen and oxygen atoms in total. The zero-order valence-corrected chi connectivity index (χ0v) is 11.2. The highest BCUT2D eigenvalue weighted by molar-refractivity contribution is 9.08. The zero-order valence-electron chi connectivity index (χ0n) is 9.62. The maximum absolute atomic E-state index is 11.8. The van der Waals surface area contributed by atoms with Gasteiger partial charge in [-0.3, -0.25) is 0 Å². The lowest BCUT2D eigenvalue weighted by molar-refractivity contribution is 0.0522. The molecule has 0 aliphatic carbocycles. The molecule has 0 saturated heterocycles. The van der Waals surface area contributed by atoms with Crippen LogP contribution in [0, 0.1) is 11.3 Å². The van der Waals surface area contributed by atoms with Crippen molar-refractivity contribution in [3.8, 4) is 11.8 Å². The minimum atomic E-state index is -0.441. The average Bonchev–Trinajstić information content (AvgIpc) is 2.37. The third-order valence-corrected chi connectivity index (χ3v) is 2.76. The van der Waals surface area contributed by atoms with Crippen LogP contribution in [0.2, 0.25) is 0 Å². The summed E-state index contributed by atoms with van der Waals surface area (Å²) in [5, 5.41) is 9.32. The lowest BCUT2D eigenvalue weighted by Gasteiger charge is -2.12. The second-order valence-electron chi connectivity index (χ2n) is 3.18. The van der Waals surface area contributed by atoms with E-state index < -0.39 is 5.97 Å². The van der Waals surface area contributed by atoms with Crippen molar-refractivity contribution in [2.45, 2.75) is 12.3 Å². The summed E-state index contributed by atoms with van der Waals surface area (Å²) >= 11 is 3.28. The van der Waals surface area contributed by atoms with Crippen LogP contribution >= 0.6 is 15.9 Å². The molecular weight excluding hydrogens is 286 g/mol. The van der Waals surface area contributed by atoms with Gasteiger partial charge in [-0.25, -0.2) is 4.79 Å². The predicted octanol–water partition coefficient (Wildman–Crippen LogP) is 2.64. The number of esters is 1. The van der Waals surface area contributed by atoms with Gasteiger partial charge in [0.2, 0.25) is 0 Å². The number of methoxy groups -OCH3 is 1. The molecule has 0 bridgehead atoms. The number of ether oxygens (including phenoxy) is 2. The van der Waals surface area contributed by atoms with Crippen LogP contribution in [0.3, 0.4) is 0 Å². The first-order valence-electron chi connectivity index (χ1n) is 5.02. The predicted molar refractivity (Wildman–Crippen MR) is 66.3 cm³/mol. The molecule has 0 amide bonds. The molecule has 5 heteroatoms. The molecular formula is C12H12BrNO3. The molecule has 0 unspecified atom stereocenters. The molecule has 0 spiro atoms. The minimum absolute atomic E-state index is 0.295. The van der Waals surface area contributed by atoms with Crippen molar-refractivity contribution >= 4 is 21.9 Å². The summed E-state index contributed by atoms with van der Waals surface area (Å²) in [4.78, 5) is 11.8. The SMILES string of the molecule is CCOC(=O)c1c(CBr)cc(C#N)cc1OC. The number of halogens is 1. The van der Waals surface area contributed by atoms with Crippen LogP contribution in [0.5, 0.6) is 5.75 Å². The van der Waals surface area contributed by atoms with Gasteiger partial charge in [0.15, 0.2) is 0 Å². The van der Waals surface area contributed by atoms with Gasteiger partial charge >= 0.3 is 5.97 Å². The van der Waals surface area contributed by atoms with Gasteiger partial charge in [0.05, 0.1) is 25.3 Å². The fourth-order valence-electron chi connectivity index (χ4n) is 1.44. The number of alkyl halides is 1. The van der Waals surface area contributed by atoms with Gasteiger partial charge in [0, 0.05) is 5.33 Å². The van der Waals surface area contributed by atoms with Crippen LogP contribution in [0.4, 0.5) is 0 Å². The molecule has 90 valence electrons. The highest BCUT2D eigenvalue weighted by Gasteiger charge is 2.19. The maximum atomic E-state index is 11.8. The number of benzene rings is 1. The van der Waals surface area contributed by atoms with E-state index >= 15 is 0 Å².